The number of furan rings is 3. The van der Waals surface area contributed by atoms with Crippen LogP contribution in [-0.4, -0.2) is 0 Å². The minimum absolute atomic E-state index is 0.0234. The molecule has 1 unspecified atom stereocenters. The average molecular weight is 932 g/mol. The van der Waals surface area contributed by atoms with Crippen LogP contribution in [0.25, 0.3) is 87.7 Å². The summed E-state index contributed by atoms with van der Waals surface area (Å²) in [7, 11) is 0. The fourth-order valence-electron chi connectivity index (χ4n) is 11.7. The van der Waals surface area contributed by atoms with Crippen molar-refractivity contribution in [3.8, 4) is 11.1 Å². The Kier molecular flexibility index (Phi) is 9.20. The molecule has 4 heteroatoms. The second-order valence-corrected chi connectivity index (χ2v) is 22.1. The van der Waals surface area contributed by atoms with Gasteiger partial charge in [-0.15, -0.1) is 0 Å². The lowest BCUT2D eigenvalue weighted by Crippen LogP contribution is -2.13. The van der Waals surface area contributed by atoms with E-state index in [9.17, 15) is 0 Å². The third-order valence-corrected chi connectivity index (χ3v) is 15.5. The fourth-order valence-corrected chi connectivity index (χ4v) is 11.7. The van der Waals surface area contributed by atoms with Gasteiger partial charge >= 0.3 is 0 Å². The van der Waals surface area contributed by atoms with E-state index in [1.54, 1.807) is 0 Å². The number of rotatable bonds is 6. The lowest BCUT2D eigenvalue weighted by atomic mass is 9.79. The Hall–Kier alpha value is -8.34. The van der Waals surface area contributed by atoms with Crippen LogP contribution in [0.4, 0.5) is 17.1 Å². The van der Waals surface area contributed by atoms with Crippen LogP contribution in [0.5, 0.6) is 0 Å². The Balaban J connectivity index is 0.891. The fraction of sp³-hybridized carbons (Fsp3) is 0.147. The van der Waals surface area contributed by atoms with E-state index in [0.717, 1.165) is 100 Å². The third-order valence-electron chi connectivity index (χ3n) is 15.5. The van der Waals surface area contributed by atoms with E-state index in [2.05, 4.69) is 228 Å². The summed E-state index contributed by atoms with van der Waals surface area (Å²) < 4.78 is 20.2. The molecule has 14 rings (SSSR count). The molecule has 0 aliphatic heterocycles. The van der Waals surface area contributed by atoms with Crippen molar-refractivity contribution in [1.82, 2.24) is 0 Å². The van der Waals surface area contributed by atoms with Gasteiger partial charge in [0.25, 0.3) is 0 Å². The molecule has 0 bridgehead atoms. The van der Waals surface area contributed by atoms with Crippen molar-refractivity contribution in [2.45, 2.75) is 64.7 Å². The molecule has 10 aromatic carbocycles. The highest BCUT2D eigenvalue weighted by atomic mass is 16.3. The van der Waals surface area contributed by atoms with Gasteiger partial charge in [0.1, 0.15) is 27.9 Å². The standard InChI is InChI=1S/C68H53NO3/c1-67(2,3)45-25-21-40(22-26-45)65(52-17-11-16-50-49-14-8-7-13-42(49)35-54(50)52)43-24-32-61-55(36-43)57-38-64-58(39-63(57)70-61)56-34-41-23-29-48(33-44(41)37-62(56)71-64)69(47-30-27-46(28-31-47)68(4,5)6)59-19-12-18-53-51-15-9-10-20-60(51)72-66(53)59/h7-34,36-39,65H,35H2,1-6H3. The Bertz CT molecular complexity index is 4320. The predicted octanol–water partition coefficient (Wildman–Crippen LogP) is 19.4. The number of benzene rings is 10. The topological polar surface area (TPSA) is 42.7 Å². The van der Waals surface area contributed by atoms with Gasteiger partial charge in [0.05, 0.1) is 5.69 Å². The van der Waals surface area contributed by atoms with Crippen LogP contribution >= 0.6 is 0 Å². The monoisotopic (exact) mass is 931 g/mol. The van der Waals surface area contributed by atoms with Crippen molar-refractivity contribution in [3.05, 3.63) is 233 Å². The highest BCUT2D eigenvalue weighted by molar-refractivity contribution is 6.17. The molecular formula is C68H53NO3. The van der Waals surface area contributed by atoms with Gasteiger partial charge in [-0.3, -0.25) is 0 Å². The van der Waals surface area contributed by atoms with Gasteiger partial charge in [-0.25, -0.2) is 0 Å². The van der Waals surface area contributed by atoms with E-state index >= 15 is 0 Å². The van der Waals surface area contributed by atoms with Crippen LogP contribution in [0.2, 0.25) is 0 Å². The molecule has 72 heavy (non-hydrogen) atoms. The Labute approximate surface area is 418 Å². The van der Waals surface area contributed by atoms with Gasteiger partial charge in [0.2, 0.25) is 0 Å². The molecule has 1 aliphatic rings. The Morgan fingerprint density at radius 3 is 1.78 bits per heavy atom. The molecule has 0 radical (unpaired) electrons. The van der Waals surface area contributed by atoms with Crippen LogP contribution in [0.1, 0.15) is 86.4 Å². The summed E-state index contributed by atoms with van der Waals surface area (Å²) in [6.45, 7) is 13.6. The van der Waals surface area contributed by atoms with E-state index in [1.807, 2.05) is 12.1 Å². The molecule has 1 atom stereocenters. The SMILES string of the molecule is CC(C)(C)c1ccc(C(c2ccc3oc4cc5c(cc4c3c2)oc2cc3cc(N(c4ccc(C(C)(C)C)cc4)c4cccc6c4oc4ccccc46)ccc3cc25)c2cccc3c2Cc2ccccc2-3)cc1. The maximum Gasteiger partial charge on any atom is 0.159 e. The van der Waals surface area contributed by atoms with Gasteiger partial charge in [0, 0.05) is 49.6 Å². The first-order valence-electron chi connectivity index (χ1n) is 25.3. The first kappa shape index (κ1) is 42.5. The third kappa shape index (κ3) is 6.73. The Morgan fingerprint density at radius 1 is 0.403 bits per heavy atom. The molecule has 3 heterocycles. The molecule has 0 N–H and O–H groups in total. The molecule has 4 nitrogen and oxygen atoms in total. The molecule has 0 amide bonds. The lowest BCUT2D eigenvalue weighted by molar-refractivity contribution is 0.589. The molecule has 13 aromatic rings. The summed E-state index contributed by atoms with van der Waals surface area (Å²) >= 11 is 0. The zero-order valence-electron chi connectivity index (χ0n) is 41.4. The minimum Gasteiger partial charge on any atom is -0.456 e. The van der Waals surface area contributed by atoms with E-state index in [1.165, 1.54) is 50.1 Å². The number of anilines is 3. The van der Waals surface area contributed by atoms with Crippen LogP contribution in [0.3, 0.4) is 0 Å². The summed E-state index contributed by atoms with van der Waals surface area (Å²) in [5.74, 6) is 0.0234. The number of fused-ring (bicyclic) bond motifs is 13. The number of nitrogens with zero attached hydrogens (tertiary/aromatic N) is 1. The zero-order chi connectivity index (χ0) is 48.6. The van der Waals surface area contributed by atoms with Crippen molar-refractivity contribution in [3.63, 3.8) is 0 Å². The zero-order valence-corrected chi connectivity index (χ0v) is 41.4. The van der Waals surface area contributed by atoms with E-state index in [4.69, 9.17) is 13.3 Å². The summed E-state index contributed by atoms with van der Waals surface area (Å²) in [5.41, 5.74) is 20.3. The summed E-state index contributed by atoms with van der Waals surface area (Å²) in [4.78, 5) is 2.32. The van der Waals surface area contributed by atoms with Crippen LogP contribution in [0, 0.1) is 0 Å². The average Bonchev–Trinajstić information content (AvgIpc) is 4.15. The second-order valence-electron chi connectivity index (χ2n) is 22.1. The molecule has 0 fully saturated rings. The summed E-state index contributed by atoms with van der Waals surface area (Å²) in [6.07, 6.45) is 0.929. The van der Waals surface area contributed by atoms with Gasteiger partial charge in [-0.05, 0) is 151 Å². The molecule has 348 valence electrons. The molecule has 3 aromatic heterocycles. The van der Waals surface area contributed by atoms with Gasteiger partial charge in [0.15, 0.2) is 5.58 Å². The van der Waals surface area contributed by atoms with Crippen molar-refractivity contribution in [2.24, 2.45) is 0 Å². The second kappa shape index (κ2) is 15.6. The largest absolute Gasteiger partial charge is 0.456 e. The first-order chi connectivity index (χ1) is 34.9. The van der Waals surface area contributed by atoms with E-state index < -0.39 is 0 Å². The maximum absolute atomic E-state index is 6.86. The van der Waals surface area contributed by atoms with Crippen molar-refractivity contribution in [2.75, 3.05) is 4.90 Å². The highest BCUT2D eigenvalue weighted by Gasteiger charge is 2.28. The van der Waals surface area contributed by atoms with Crippen molar-refractivity contribution < 1.29 is 13.3 Å². The molecule has 0 spiro atoms. The number of hydrogen-bond donors (Lipinski definition) is 0. The Morgan fingerprint density at radius 2 is 1.00 bits per heavy atom. The van der Waals surface area contributed by atoms with Crippen LogP contribution < -0.4 is 4.90 Å². The normalized spacial score (nSPS) is 13.3. The first-order valence-corrected chi connectivity index (χ1v) is 25.3. The lowest BCUT2D eigenvalue weighted by Gasteiger charge is -2.27. The van der Waals surface area contributed by atoms with E-state index in [-0.39, 0.29) is 16.7 Å². The van der Waals surface area contributed by atoms with Gasteiger partial charge < -0.3 is 18.2 Å². The predicted molar refractivity (Wildman–Crippen MR) is 300 cm³/mol. The number of hydrogen-bond acceptors (Lipinski definition) is 4. The highest BCUT2D eigenvalue weighted by Crippen LogP contribution is 2.47. The molecule has 0 saturated carbocycles. The summed E-state index contributed by atoms with van der Waals surface area (Å²) in [6, 6.07) is 71.1. The van der Waals surface area contributed by atoms with E-state index in [0.29, 0.717) is 0 Å². The van der Waals surface area contributed by atoms with Crippen LogP contribution in [-0.2, 0) is 17.3 Å². The van der Waals surface area contributed by atoms with Crippen LogP contribution in [0.15, 0.2) is 207 Å². The van der Waals surface area contributed by atoms with Crippen molar-refractivity contribution in [1.29, 1.82) is 0 Å². The van der Waals surface area contributed by atoms with Crippen molar-refractivity contribution >= 4 is 93.7 Å². The van der Waals surface area contributed by atoms with Gasteiger partial charge in [-0.2, -0.15) is 0 Å². The quantitative estimate of drug-likeness (QED) is 0.156. The molecule has 0 saturated heterocycles. The summed E-state index contributed by atoms with van der Waals surface area (Å²) in [5, 5.41) is 8.65. The van der Waals surface area contributed by atoms with Gasteiger partial charge in [-0.1, -0.05) is 163 Å². The number of para-hydroxylation sites is 2. The molecule has 1 aliphatic carbocycles. The smallest absolute Gasteiger partial charge is 0.159 e. The maximum atomic E-state index is 6.86. The minimum atomic E-state index is 0.0234. The molecular weight excluding hydrogens is 879 g/mol.